The lowest BCUT2D eigenvalue weighted by Gasteiger charge is -2.29. The summed E-state index contributed by atoms with van der Waals surface area (Å²) in [7, 11) is 0. The van der Waals surface area contributed by atoms with Crippen LogP contribution in [0.4, 0.5) is 0 Å². The van der Waals surface area contributed by atoms with Gasteiger partial charge in [-0.2, -0.15) is 5.10 Å². The molecule has 1 fully saturated rings. The van der Waals surface area contributed by atoms with Crippen molar-refractivity contribution in [3.63, 3.8) is 0 Å². The minimum atomic E-state index is 0.728. The van der Waals surface area contributed by atoms with Crippen molar-refractivity contribution in [1.82, 2.24) is 9.78 Å². The second-order valence-electron chi connectivity index (χ2n) is 9.61. The van der Waals surface area contributed by atoms with Gasteiger partial charge in [-0.05, 0) is 55.8 Å². The van der Waals surface area contributed by atoms with Crippen LogP contribution in [0.2, 0.25) is 0 Å². The van der Waals surface area contributed by atoms with Gasteiger partial charge in [0, 0.05) is 17.7 Å². The molecule has 0 spiro atoms. The summed E-state index contributed by atoms with van der Waals surface area (Å²) >= 11 is 1.93. The largest absolute Gasteiger partial charge is 0.257 e. The van der Waals surface area contributed by atoms with Gasteiger partial charge in [0.1, 0.15) is 10.7 Å². The van der Waals surface area contributed by atoms with Crippen molar-refractivity contribution in [2.24, 2.45) is 11.8 Å². The summed E-state index contributed by atoms with van der Waals surface area (Å²) in [4.78, 5) is 0. The Hall–Kier alpha value is -2.26. The van der Waals surface area contributed by atoms with Crippen LogP contribution in [-0.2, 0) is 6.54 Å². The zero-order chi connectivity index (χ0) is 23.0. The summed E-state index contributed by atoms with van der Waals surface area (Å²) in [5, 5.41) is 6.57. The molecule has 1 heterocycles. The van der Waals surface area contributed by atoms with Crippen LogP contribution in [0.5, 0.6) is 0 Å². The smallest absolute Gasteiger partial charge is 0.102 e. The Bertz CT molecular complexity index is 1010. The van der Waals surface area contributed by atoms with E-state index in [1.807, 2.05) is 11.8 Å². The van der Waals surface area contributed by atoms with Gasteiger partial charge in [-0.1, -0.05) is 92.4 Å². The van der Waals surface area contributed by atoms with Gasteiger partial charge in [0.05, 0.1) is 0 Å². The number of hydrogen-bond donors (Lipinski definition) is 0. The normalized spacial score (nSPS) is 18.4. The van der Waals surface area contributed by atoms with Crippen LogP contribution in [0.3, 0.4) is 0 Å². The molecule has 1 aliphatic carbocycles. The summed E-state index contributed by atoms with van der Waals surface area (Å²) in [5.41, 5.74) is 6.20. The fourth-order valence-corrected chi connectivity index (χ4v) is 6.05. The molecule has 174 valence electrons. The first kappa shape index (κ1) is 23.9. The third kappa shape index (κ3) is 6.20. The average Bonchev–Trinajstić information content (AvgIpc) is 3.19. The van der Waals surface area contributed by atoms with E-state index in [0.717, 1.165) is 29.8 Å². The van der Waals surface area contributed by atoms with Gasteiger partial charge in [0.25, 0.3) is 0 Å². The van der Waals surface area contributed by atoms with E-state index >= 15 is 0 Å². The first-order chi connectivity index (χ1) is 16.2. The fourth-order valence-electron chi connectivity index (χ4n) is 5.16. The minimum Gasteiger partial charge on any atom is -0.257 e. The summed E-state index contributed by atoms with van der Waals surface area (Å²) in [6.07, 6.45) is 9.27. The lowest BCUT2D eigenvalue weighted by Crippen LogP contribution is -2.20. The Kier molecular flexibility index (Phi) is 8.50. The Morgan fingerprint density at radius 1 is 0.939 bits per heavy atom. The number of thioether (sulfide) groups is 1. The highest BCUT2D eigenvalue weighted by molar-refractivity contribution is 7.99. The van der Waals surface area contributed by atoms with Crippen molar-refractivity contribution in [2.45, 2.75) is 70.4 Å². The van der Waals surface area contributed by atoms with Gasteiger partial charge in [-0.25, -0.2) is 0 Å². The summed E-state index contributed by atoms with van der Waals surface area (Å²) < 4.78 is 2.34. The van der Waals surface area contributed by atoms with Crippen LogP contribution >= 0.6 is 11.8 Å². The fraction of sp³-hybridized carbons (Fsp3) is 0.433. The highest BCUT2D eigenvalue weighted by atomic mass is 32.2. The highest BCUT2D eigenvalue weighted by Crippen LogP contribution is 2.41. The van der Waals surface area contributed by atoms with E-state index in [1.54, 1.807) is 0 Å². The van der Waals surface area contributed by atoms with Crippen molar-refractivity contribution >= 4 is 11.8 Å². The molecule has 1 aromatic heterocycles. The van der Waals surface area contributed by atoms with E-state index in [1.165, 1.54) is 72.2 Å². The van der Waals surface area contributed by atoms with E-state index < -0.39 is 0 Å². The average molecular weight is 459 g/mol. The third-order valence-electron chi connectivity index (χ3n) is 6.91. The van der Waals surface area contributed by atoms with Crippen LogP contribution in [0.25, 0.3) is 22.4 Å². The third-order valence-corrected chi connectivity index (χ3v) is 7.89. The van der Waals surface area contributed by atoms with Crippen LogP contribution < -0.4 is 0 Å². The van der Waals surface area contributed by atoms with Crippen molar-refractivity contribution in [3.05, 3.63) is 72.8 Å². The maximum Gasteiger partial charge on any atom is 0.102 e. The van der Waals surface area contributed by atoms with Crippen LogP contribution in [0, 0.1) is 11.8 Å². The summed E-state index contributed by atoms with van der Waals surface area (Å²) in [6, 6.07) is 21.5. The molecule has 1 saturated carbocycles. The second-order valence-corrected chi connectivity index (χ2v) is 10.9. The number of rotatable bonds is 10. The van der Waals surface area contributed by atoms with Gasteiger partial charge in [-0.3, -0.25) is 4.68 Å². The molecule has 2 nitrogen and oxygen atoms in total. The van der Waals surface area contributed by atoms with Crippen molar-refractivity contribution in [3.8, 4) is 22.4 Å². The Morgan fingerprint density at radius 2 is 1.55 bits per heavy atom. The molecule has 0 unspecified atom stereocenters. The van der Waals surface area contributed by atoms with Gasteiger partial charge in [0.2, 0.25) is 0 Å². The molecule has 33 heavy (non-hydrogen) atoms. The van der Waals surface area contributed by atoms with Gasteiger partial charge in [0.15, 0.2) is 0 Å². The quantitative estimate of drug-likeness (QED) is 0.223. The Balaban J connectivity index is 1.56. The minimum absolute atomic E-state index is 0.728. The topological polar surface area (TPSA) is 17.8 Å². The zero-order valence-electron chi connectivity index (χ0n) is 20.3. The highest BCUT2D eigenvalue weighted by Gasteiger charge is 2.25. The first-order valence-electron chi connectivity index (χ1n) is 12.6. The predicted molar refractivity (Wildman–Crippen MR) is 144 cm³/mol. The second kappa shape index (κ2) is 11.7. The Labute approximate surface area is 204 Å². The standard InChI is InChI=1S/C30H38N2S/c1-4-33-30-28(26-14-7-5-8-15-26)29(27-16-9-6-10-17-27)31-32(30)22-25-20-18-24(19-21-25)13-11-12-23(2)3/h5-10,14-17,24-25H,2,4,11-13,18-22H2,1,3H3. The van der Waals surface area contributed by atoms with Crippen LogP contribution in [0.15, 0.2) is 77.8 Å². The molecule has 3 heteroatoms. The molecule has 4 rings (SSSR count). The van der Waals surface area contributed by atoms with E-state index in [2.05, 4.69) is 85.8 Å². The molecule has 0 aliphatic heterocycles. The molecule has 3 aromatic rings. The number of allylic oxidation sites excluding steroid dienone is 1. The maximum atomic E-state index is 5.24. The molecule has 2 aromatic carbocycles. The van der Waals surface area contributed by atoms with E-state index in [0.29, 0.717) is 0 Å². The molecule has 0 N–H and O–H groups in total. The Morgan fingerprint density at radius 3 is 2.15 bits per heavy atom. The summed E-state index contributed by atoms with van der Waals surface area (Å²) in [6.45, 7) is 9.49. The van der Waals surface area contributed by atoms with Crippen molar-refractivity contribution < 1.29 is 0 Å². The lowest BCUT2D eigenvalue weighted by molar-refractivity contribution is 0.231. The molecular formula is C30H38N2S. The van der Waals surface area contributed by atoms with E-state index in [-0.39, 0.29) is 0 Å². The van der Waals surface area contributed by atoms with E-state index in [9.17, 15) is 0 Å². The number of hydrogen-bond acceptors (Lipinski definition) is 2. The first-order valence-corrected chi connectivity index (χ1v) is 13.6. The van der Waals surface area contributed by atoms with Crippen molar-refractivity contribution in [2.75, 3.05) is 5.75 Å². The monoisotopic (exact) mass is 458 g/mol. The predicted octanol–water partition coefficient (Wildman–Crippen LogP) is 8.88. The molecular weight excluding hydrogens is 420 g/mol. The number of nitrogens with zero attached hydrogens (tertiary/aromatic N) is 2. The number of benzene rings is 2. The molecule has 0 atom stereocenters. The maximum absolute atomic E-state index is 5.24. The van der Waals surface area contributed by atoms with Crippen LogP contribution in [0.1, 0.15) is 58.8 Å². The van der Waals surface area contributed by atoms with Crippen LogP contribution in [-0.4, -0.2) is 15.5 Å². The number of aromatic nitrogens is 2. The van der Waals surface area contributed by atoms with Gasteiger partial charge in [-0.15, -0.1) is 18.3 Å². The molecule has 0 amide bonds. The van der Waals surface area contributed by atoms with Gasteiger partial charge < -0.3 is 0 Å². The van der Waals surface area contributed by atoms with Crippen molar-refractivity contribution in [1.29, 1.82) is 0 Å². The van der Waals surface area contributed by atoms with E-state index in [4.69, 9.17) is 5.10 Å². The zero-order valence-corrected chi connectivity index (χ0v) is 21.1. The molecule has 1 aliphatic rings. The molecule has 0 saturated heterocycles. The lowest BCUT2D eigenvalue weighted by atomic mass is 9.79. The molecule has 0 radical (unpaired) electrons. The molecule has 0 bridgehead atoms. The van der Waals surface area contributed by atoms with Gasteiger partial charge >= 0.3 is 0 Å². The summed E-state index contributed by atoms with van der Waals surface area (Å²) in [5.74, 6) is 2.68. The SMILES string of the molecule is C=C(C)CCCC1CCC(Cn2nc(-c3ccccc3)c(-c3ccccc3)c2SCC)CC1.